The first-order valence-corrected chi connectivity index (χ1v) is 10.0. The van der Waals surface area contributed by atoms with Gasteiger partial charge in [0.15, 0.2) is 5.96 Å². The number of guanidine groups is 1. The lowest BCUT2D eigenvalue weighted by Crippen LogP contribution is -2.45. The molecule has 0 spiro atoms. The zero-order valence-electron chi connectivity index (χ0n) is 18.2. The van der Waals surface area contributed by atoms with Gasteiger partial charge < -0.3 is 20.3 Å². The van der Waals surface area contributed by atoms with Gasteiger partial charge in [-0.05, 0) is 31.4 Å². The summed E-state index contributed by atoms with van der Waals surface area (Å²) in [6, 6.07) is 8.04. The maximum Gasteiger partial charge on any atom is 0.424 e. The van der Waals surface area contributed by atoms with E-state index in [0.29, 0.717) is 12.5 Å². The molecule has 1 aromatic carbocycles. The minimum Gasteiger partial charge on any atom is -0.374 e. The number of nitrogens with one attached hydrogen (secondary N) is 2. The van der Waals surface area contributed by atoms with E-state index in [0.717, 1.165) is 12.0 Å². The Bertz CT molecular complexity index is 838. The molecule has 10 heteroatoms. The molecule has 31 heavy (non-hydrogen) atoms. The standard InChI is InChI=1S/C21H30F3N5O.HI/c1-5-16-7-9-17(10-8-16)15(3)28-19(25-6-2)27-12-11-20(30,21(22,23)24)18-26-13-14-29(18)4;/h7-10,13-15,30H,5-6,11-12H2,1-4H3,(H2,25,27,28);1H. The van der Waals surface area contributed by atoms with E-state index in [1.807, 2.05) is 38.1 Å². The highest BCUT2D eigenvalue weighted by atomic mass is 127. The van der Waals surface area contributed by atoms with Crippen molar-refractivity contribution < 1.29 is 18.3 Å². The lowest BCUT2D eigenvalue weighted by molar-refractivity contribution is -0.272. The monoisotopic (exact) mass is 553 g/mol. The fourth-order valence-corrected chi connectivity index (χ4v) is 3.12. The molecule has 1 aromatic heterocycles. The molecule has 0 saturated carbocycles. The quantitative estimate of drug-likeness (QED) is 0.262. The Hall–Kier alpha value is -1.82. The number of hydrogen-bond acceptors (Lipinski definition) is 3. The number of hydrogen-bond donors (Lipinski definition) is 3. The van der Waals surface area contributed by atoms with Gasteiger partial charge in [-0.25, -0.2) is 4.98 Å². The molecule has 2 rings (SSSR count). The van der Waals surface area contributed by atoms with E-state index in [4.69, 9.17) is 0 Å². The first-order chi connectivity index (χ1) is 14.1. The lowest BCUT2D eigenvalue weighted by atomic mass is 9.98. The van der Waals surface area contributed by atoms with E-state index in [9.17, 15) is 18.3 Å². The predicted octanol–water partition coefficient (Wildman–Crippen LogP) is 4.06. The summed E-state index contributed by atoms with van der Waals surface area (Å²) in [5.74, 6) is -0.0681. The van der Waals surface area contributed by atoms with Crippen LogP contribution in [0.5, 0.6) is 0 Å². The molecule has 174 valence electrons. The SMILES string of the molecule is CCNC(=NCCC(O)(c1nccn1C)C(F)(F)F)NC(C)c1ccc(CC)cc1.I. The average Bonchev–Trinajstić information content (AvgIpc) is 3.13. The molecule has 0 fully saturated rings. The highest BCUT2D eigenvalue weighted by molar-refractivity contribution is 14.0. The summed E-state index contributed by atoms with van der Waals surface area (Å²) in [4.78, 5) is 7.95. The topological polar surface area (TPSA) is 74.5 Å². The minimum absolute atomic E-state index is 0. The van der Waals surface area contributed by atoms with Crippen LogP contribution in [0.25, 0.3) is 0 Å². The van der Waals surface area contributed by atoms with E-state index in [1.165, 1.54) is 29.6 Å². The second-order valence-corrected chi connectivity index (χ2v) is 7.19. The molecule has 0 aliphatic carbocycles. The summed E-state index contributed by atoms with van der Waals surface area (Å²) in [6.07, 6.45) is -1.97. The van der Waals surface area contributed by atoms with Gasteiger partial charge in [0.1, 0.15) is 5.82 Å². The number of benzene rings is 1. The fraction of sp³-hybridized carbons (Fsp3) is 0.524. The van der Waals surface area contributed by atoms with Crippen LogP contribution in [0.1, 0.15) is 50.2 Å². The normalized spacial score (nSPS) is 15.0. The van der Waals surface area contributed by atoms with E-state index < -0.39 is 24.0 Å². The van der Waals surface area contributed by atoms with Gasteiger partial charge in [0.05, 0.1) is 6.04 Å². The summed E-state index contributed by atoms with van der Waals surface area (Å²) < 4.78 is 42.1. The highest BCUT2D eigenvalue weighted by Gasteiger charge is 2.57. The largest absolute Gasteiger partial charge is 0.424 e. The molecular weight excluding hydrogens is 522 g/mol. The molecule has 1 heterocycles. The Labute approximate surface area is 198 Å². The first kappa shape index (κ1) is 27.2. The fourth-order valence-electron chi connectivity index (χ4n) is 3.12. The first-order valence-electron chi connectivity index (χ1n) is 10.0. The molecule has 2 unspecified atom stereocenters. The van der Waals surface area contributed by atoms with Crippen molar-refractivity contribution in [2.45, 2.75) is 51.4 Å². The van der Waals surface area contributed by atoms with Gasteiger partial charge >= 0.3 is 6.18 Å². The van der Waals surface area contributed by atoms with Crippen molar-refractivity contribution in [1.29, 1.82) is 0 Å². The van der Waals surface area contributed by atoms with Crippen LogP contribution in [0.15, 0.2) is 41.7 Å². The van der Waals surface area contributed by atoms with Crippen LogP contribution >= 0.6 is 24.0 Å². The number of aliphatic hydroxyl groups is 1. The van der Waals surface area contributed by atoms with Gasteiger partial charge in [-0.3, -0.25) is 4.99 Å². The minimum atomic E-state index is -4.87. The van der Waals surface area contributed by atoms with Crippen LogP contribution in [0.2, 0.25) is 0 Å². The van der Waals surface area contributed by atoms with Crippen LogP contribution in [0.3, 0.4) is 0 Å². The van der Waals surface area contributed by atoms with Crippen molar-refractivity contribution in [2.75, 3.05) is 13.1 Å². The Morgan fingerprint density at radius 2 is 1.87 bits per heavy atom. The highest BCUT2D eigenvalue weighted by Crippen LogP contribution is 2.40. The zero-order valence-corrected chi connectivity index (χ0v) is 20.5. The van der Waals surface area contributed by atoms with Gasteiger partial charge in [0.25, 0.3) is 0 Å². The van der Waals surface area contributed by atoms with E-state index in [2.05, 4.69) is 27.5 Å². The van der Waals surface area contributed by atoms with E-state index in [1.54, 1.807) is 0 Å². The number of aromatic nitrogens is 2. The second-order valence-electron chi connectivity index (χ2n) is 7.19. The number of aliphatic imine (C=N–C) groups is 1. The lowest BCUT2D eigenvalue weighted by Gasteiger charge is -2.29. The maximum absolute atomic E-state index is 13.6. The Kier molecular flexibility index (Phi) is 10.3. The van der Waals surface area contributed by atoms with Crippen LogP contribution < -0.4 is 10.6 Å². The maximum atomic E-state index is 13.6. The van der Waals surface area contributed by atoms with Crippen LogP contribution in [0.4, 0.5) is 13.2 Å². The van der Waals surface area contributed by atoms with Gasteiger partial charge in [0, 0.05) is 39.0 Å². The second kappa shape index (κ2) is 11.7. The van der Waals surface area contributed by atoms with Crippen molar-refractivity contribution >= 4 is 29.9 Å². The van der Waals surface area contributed by atoms with Gasteiger partial charge in [-0.2, -0.15) is 13.2 Å². The third-order valence-corrected chi connectivity index (χ3v) is 4.99. The average molecular weight is 553 g/mol. The molecule has 3 N–H and O–H groups in total. The van der Waals surface area contributed by atoms with Crippen molar-refractivity contribution in [2.24, 2.45) is 12.0 Å². The van der Waals surface area contributed by atoms with Gasteiger partial charge in [0.2, 0.25) is 5.60 Å². The Morgan fingerprint density at radius 3 is 2.35 bits per heavy atom. The molecule has 0 aliphatic heterocycles. The molecule has 0 amide bonds. The molecule has 2 atom stereocenters. The van der Waals surface area contributed by atoms with Crippen molar-refractivity contribution in [3.63, 3.8) is 0 Å². The third kappa shape index (κ3) is 6.83. The van der Waals surface area contributed by atoms with Crippen LogP contribution in [0, 0.1) is 0 Å². The number of nitrogens with zero attached hydrogens (tertiary/aromatic N) is 3. The van der Waals surface area contributed by atoms with Crippen LogP contribution in [-0.4, -0.2) is 39.9 Å². The third-order valence-electron chi connectivity index (χ3n) is 4.99. The van der Waals surface area contributed by atoms with Crippen molar-refractivity contribution in [3.05, 3.63) is 53.6 Å². The summed E-state index contributed by atoms with van der Waals surface area (Å²) in [6.45, 7) is 6.22. The predicted molar refractivity (Wildman–Crippen MR) is 127 cm³/mol. The molecule has 6 nitrogen and oxygen atoms in total. The van der Waals surface area contributed by atoms with Gasteiger partial charge in [-0.1, -0.05) is 31.2 Å². The number of halogens is 4. The van der Waals surface area contributed by atoms with Gasteiger partial charge in [-0.15, -0.1) is 24.0 Å². The zero-order chi connectivity index (χ0) is 22.4. The van der Waals surface area contributed by atoms with Crippen LogP contribution in [-0.2, 0) is 19.1 Å². The number of rotatable bonds is 8. The van der Waals surface area contributed by atoms with Crippen molar-refractivity contribution in [3.8, 4) is 0 Å². The van der Waals surface area contributed by atoms with E-state index >= 15 is 0 Å². The number of imidazole rings is 1. The number of aryl methyl sites for hydroxylation is 2. The van der Waals surface area contributed by atoms with Crippen molar-refractivity contribution in [1.82, 2.24) is 20.2 Å². The molecule has 0 saturated heterocycles. The summed E-state index contributed by atoms with van der Waals surface area (Å²) >= 11 is 0. The summed E-state index contributed by atoms with van der Waals surface area (Å²) in [5.41, 5.74) is -0.807. The molecule has 0 aliphatic rings. The van der Waals surface area contributed by atoms with E-state index in [-0.39, 0.29) is 36.6 Å². The summed E-state index contributed by atoms with van der Waals surface area (Å²) in [5, 5.41) is 16.7. The molecule has 0 bridgehead atoms. The number of alkyl halides is 3. The smallest absolute Gasteiger partial charge is 0.374 e. The molecular formula is C21H31F3IN5O. The molecule has 0 radical (unpaired) electrons. The Balaban J connectivity index is 0.00000480. The molecule has 2 aromatic rings. The summed E-state index contributed by atoms with van der Waals surface area (Å²) in [7, 11) is 1.42. The Morgan fingerprint density at radius 1 is 1.23 bits per heavy atom.